The molecule has 3 aromatic carbocycles. The highest BCUT2D eigenvalue weighted by Crippen LogP contribution is 2.56. The minimum atomic E-state index is -1.26. The molecule has 0 bridgehead atoms. The van der Waals surface area contributed by atoms with Gasteiger partial charge in [-0.15, -0.1) is 0 Å². The number of carbonyl (C=O) groups is 1. The zero-order chi connectivity index (χ0) is 39.3. The fourth-order valence-electron chi connectivity index (χ4n) is 9.61. The van der Waals surface area contributed by atoms with Crippen LogP contribution in [0.4, 0.5) is 4.79 Å². The van der Waals surface area contributed by atoms with E-state index < -0.39 is 13.7 Å². The number of likely N-dealkylation sites (tertiary alicyclic amines) is 1. The van der Waals surface area contributed by atoms with Gasteiger partial charge in [-0.05, 0) is 128 Å². The number of aromatic nitrogens is 4. The number of nitrogens with one attached hydrogen (secondary N) is 2. The third-order valence-corrected chi connectivity index (χ3v) is 14.8. The molecule has 2 atom stereocenters. The van der Waals surface area contributed by atoms with Crippen LogP contribution in [0.3, 0.4) is 0 Å². The van der Waals surface area contributed by atoms with Crippen LogP contribution in [0.15, 0.2) is 60.8 Å². The molecule has 2 aliphatic carbocycles. The molecular weight excluding hydrogens is 729 g/mol. The van der Waals surface area contributed by atoms with E-state index in [0.29, 0.717) is 44.6 Å². The molecule has 0 unspecified atom stereocenters. The zero-order valence-electron chi connectivity index (χ0n) is 34.3. The lowest BCUT2D eigenvalue weighted by molar-refractivity contribution is -0.0357. The molecule has 1 amide bonds. The van der Waals surface area contributed by atoms with Crippen molar-refractivity contribution < 1.29 is 19.0 Å². The Morgan fingerprint density at radius 2 is 1.70 bits per heavy atom. The predicted molar refractivity (Wildman–Crippen MR) is 226 cm³/mol. The largest absolute Gasteiger partial charge is 0.444 e. The van der Waals surface area contributed by atoms with Crippen molar-refractivity contribution in [1.82, 2.24) is 29.7 Å². The maximum atomic E-state index is 13.4. The molecule has 5 aliphatic rings. The number of hydrogen-bond donors (Lipinski definition) is 2. The van der Waals surface area contributed by atoms with Crippen LogP contribution < -0.4 is 5.32 Å². The first kappa shape index (κ1) is 37.0. The van der Waals surface area contributed by atoms with Gasteiger partial charge in [0.05, 0.1) is 53.6 Å². The third kappa shape index (κ3) is 6.64. The number of benzene rings is 3. The van der Waals surface area contributed by atoms with Crippen molar-refractivity contribution in [2.45, 2.75) is 108 Å². The van der Waals surface area contributed by atoms with E-state index in [4.69, 9.17) is 24.2 Å². The number of rotatable bonds is 9. The summed E-state index contributed by atoms with van der Waals surface area (Å²) in [6, 6.07) is 21.6. The van der Waals surface area contributed by atoms with E-state index >= 15 is 0 Å². The Hall–Kier alpha value is -4.29. The summed E-state index contributed by atoms with van der Waals surface area (Å²) in [6.07, 6.45) is 7.32. The average Bonchev–Trinajstić information content (AvgIpc) is 3.70. The summed E-state index contributed by atoms with van der Waals surface area (Å²) in [4.78, 5) is 29.1. The Morgan fingerprint density at radius 3 is 2.39 bits per heavy atom. The van der Waals surface area contributed by atoms with Crippen LogP contribution in [0.5, 0.6) is 0 Å². The molecule has 2 spiro atoms. The molecule has 3 aliphatic heterocycles. The highest BCUT2D eigenvalue weighted by atomic mass is 28.3. The maximum absolute atomic E-state index is 13.4. The molecular formula is C46H56N6O4Si. The number of fused-ring (bicyclic) bond motifs is 6. The molecule has 11 heteroatoms. The number of carbonyl (C=O) groups excluding carboxylic acids is 1. The SMILES string of the molecule is CC(C)(C)OC(=O)N1CCC[C@H]1c1nc2cc(-c3ccc4c(c3)C3(COC3)c3cc(-c5cnc([C@@H]6CC7(CC7)CN6)[nH]5)ccc3-4)ccc2n1COCC[Si](C)(C)C. The minimum Gasteiger partial charge on any atom is -0.444 e. The molecule has 5 heterocycles. The van der Waals surface area contributed by atoms with Crippen LogP contribution in [0.25, 0.3) is 44.5 Å². The quantitative estimate of drug-likeness (QED) is 0.113. The van der Waals surface area contributed by atoms with Crippen LogP contribution in [-0.4, -0.2) is 77.1 Å². The Labute approximate surface area is 336 Å². The first-order valence-corrected chi connectivity index (χ1v) is 24.7. The molecule has 10 rings (SSSR count). The molecule has 2 N–H and O–H groups in total. The van der Waals surface area contributed by atoms with E-state index in [0.717, 1.165) is 64.9 Å². The van der Waals surface area contributed by atoms with E-state index in [1.807, 2.05) is 31.9 Å². The van der Waals surface area contributed by atoms with Gasteiger partial charge in [0.1, 0.15) is 24.0 Å². The van der Waals surface area contributed by atoms with E-state index in [2.05, 4.69) is 89.1 Å². The number of H-pyrrole nitrogens is 1. The van der Waals surface area contributed by atoms with Crippen molar-refractivity contribution in [1.29, 1.82) is 0 Å². The van der Waals surface area contributed by atoms with Gasteiger partial charge in [0, 0.05) is 27.8 Å². The molecule has 2 aromatic heterocycles. The fourth-order valence-corrected chi connectivity index (χ4v) is 10.4. The van der Waals surface area contributed by atoms with Gasteiger partial charge in [-0.2, -0.15) is 0 Å². The minimum absolute atomic E-state index is 0.176. The van der Waals surface area contributed by atoms with Crippen LogP contribution in [0.2, 0.25) is 25.7 Å². The molecule has 1 saturated carbocycles. The van der Waals surface area contributed by atoms with Crippen LogP contribution in [0.1, 0.15) is 87.7 Å². The second-order valence-electron chi connectivity index (χ2n) is 19.7. The van der Waals surface area contributed by atoms with Gasteiger partial charge in [0.2, 0.25) is 0 Å². The summed E-state index contributed by atoms with van der Waals surface area (Å²) < 4.78 is 20.4. The molecule has 3 saturated heterocycles. The first-order valence-electron chi connectivity index (χ1n) is 21.0. The van der Waals surface area contributed by atoms with E-state index in [-0.39, 0.29) is 17.6 Å². The van der Waals surface area contributed by atoms with Gasteiger partial charge in [0.15, 0.2) is 0 Å². The highest BCUT2D eigenvalue weighted by Gasteiger charge is 2.50. The number of nitrogens with zero attached hydrogens (tertiary/aromatic N) is 4. The van der Waals surface area contributed by atoms with Crippen LogP contribution >= 0.6 is 0 Å². The molecule has 5 aromatic rings. The third-order valence-electron chi connectivity index (χ3n) is 13.1. The van der Waals surface area contributed by atoms with Gasteiger partial charge in [0.25, 0.3) is 0 Å². The summed E-state index contributed by atoms with van der Waals surface area (Å²) in [6.45, 7) is 17.1. The predicted octanol–water partition coefficient (Wildman–Crippen LogP) is 9.59. The number of aromatic amines is 1. The van der Waals surface area contributed by atoms with Crippen molar-refractivity contribution >= 4 is 25.2 Å². The second-order valence-corrected chi connectivity index (χ2v) is 25.3. The lowest BCUT2D eigenvalue weighted by atomic mass is 9.75. The van der Waals surface area contributed by atoms with Crippen molar-refractivity contribution in [3.63, 3.8) is 0 Å². The highest BCUT2D eigenvalue weighted by molar-refractivity contribution is 6.76. The molecule has 0 radical (unpaired) electrons. The normalized spacial score (nSPS) is 21.7. The van der Waals surface area contributed by atoms with Gasteiger partial charge in [-0.1, -0.05) is 50.0 Å². The Balaban J connectivity index is 0.959. The summed E-state index contributed by atoms with van der Waals surface area (Å²) in [5.41, 5.74) is 11.4. The summed E-state index contributed by atoms with van der Waals surface area (Å²) in [5, 5.41) is 3.71. The fraction of sp³-hybridized carbons (Fsp3) is 0.500. The van der Waals surface area contributed by atoms with Crippen molar-refractivity contribution in [2.24, 2.45) is 5.41 Å². The topological polar surface area (TPSA) is 107 Å². The van der Waals surface area contributed by atoms with Gasteiger partial charge in [-0.3, -0.25) is 4.90 Å². The maximum Gasteiger partial charge on any atom is 0.410 e. The van der Waals surface area contributed by atoms with E-state index in [9.17, 15) is 4.79 Å². The molecule has 10 nitrogen and oxygen atoms in total. The Bertz CT molecular complexity index is 2380. The molecule has 57 heavy (non-hydrogen) atoms. The summed E-state index contributed by atoms with van der Waals surface area (Å²) >= 11 is 0. The van der Waals surface area contributed by atoms with Gasteiger partial charge in [-0.25, -0.2) is 14.8 Å². The Morgan fingerprint density at radius 1 is 0.982 bits per heavy atom. The lowest BCUT2D eigenvalue weighted by Crippen LogP contribution is -2.46. The molecule has 298 valence electrons. The van der Waals surface area contributed by atoms with E-state index in [1.165, 1.54) is 47.1 Å². The number of imidazole rings is 2. The standard InChI is InChI=1S/C46H56N6O4Si/c1-44(2,3)56-43(53)51-17-7-8-40(51)42-50-36-22-30(11-14-39(36)52(42)28-54-18-19-57(4,5)6)29-9-12-32-33-13-10-31(21-35(33)46(26-55-27-46)34(32)20-29)38-24-47-41(49-38)37-23-45(15-16-45)25-48-37/h9-14,20-22,24,37,40,48H,7-8,15-19,23,25-28H2,1-6H3,(H,47,49)/t37-,40-/m0/s1. The Kier molecular flexibility index (Phi) is 8.68. The van der Waals surface area contributed by atoms with Crippen LogP contribution in [0, 0.1) is 5.41 Å². The van der Waals surface area contributed by atoms with Crippen molar-refractivity contribution in [3.8, 4) is 33.5 Å². The number of amides is 1. The molecule has 4 fully saturated rings. The van der Waals surface area contributed by atoms with Crippen molar-refractivity contribution in [2.75, 3.05) is 32.9 Å². The zero-order valence-corrected chi connectivity index (χ0v) is 35.3. The average molecular weight is 785 g/mol. The lowest BCUT2D eigenvalue weighted by Gasteiger charge is -2.40. The van der Waals surface area contributed by atoms with Crippen molar-refractivity contribution in [3.05, 3.63) is 83.6 Å². The summed E-state index contributed by atoms with van der Waals surface area (Å²) in [5.74, 6) is 1.91. The first-order chi connectivity index (χ1) is 27.3. The second kappa shape index (κ2) is 13.4. The van der Waals surface area contributed by atoms with E-state index in [1.54, 1.807) is 0 Å². The van der Waals surface area contributed by atoms with Gasteiger partial charge >= 0.3 is 6.09 Å². The smallest absolute Gasteiger partial charge is 0.410 e. The summed E-state index contributed by atoms with van der Waals surface area (Å²) in [7, 11) is -1.26. The number of hydrogen-bond acceptors (Lipinski definition) is 7. The number of ether oxygens (including phenoxy) is 3. The van der Waals surface area contributed by atoms with Crippen LogP contribution in [-0.2, 0) is 26.4 Å². The monoisotopic (exact) mass is 784 g/mol. The van der Waals surface area contributed by atoms with Gasteiger partial charge < -0.3 is 29.1 Å².